The summed E-state index contributed by atoms with van der Waals surface area (Å²) in [7, 11) is 1.50. The highest BCUT2D eigenvalue weighted by atomic mass is 16.7. The molecule has 0 saturated carbocycles. The second-order valence-corrected chi connectivity index (χ2v) is 12.6. The average Bonchev–Trinajstić information content (AvgIpc) is 3.67. The van der Waals surface area contributed by atoms with E-state index in [1.807, 2.05) is 6.92 Å². The van der Waals surface area contributed by atoms with Crippen molar-refractivity contribution in [3.05, 3.63) is 71.0 Å². The van der Waals surface area contributed by atoms with Crippen LogP contribution in [0.1, 0.15) is 96.1 Å². The van der Waals surface area contributed by atoms with Gasteiger partial charge in [-0.1, -0.05) is 39.2 Å². The van der Waals surface area contributed by atoms with Crippen LogP contribution in [-0.2, 0) is 24.0 Å². The van der Waals surface area contributed by atoms with E-state index >= 15 is 0 Å². The largest absolute Gasteiger partial charge is 0.497 e. The number of carboxylic acids is 2. The van der Waals surface area contributed by atoms with Crippen LogP contribution in [0.25, 0.3) is 11.3 Å². The van der Waals surface area contributed by atoms with Crippen molar-refractivity contribution in [3.63, 3.8) is 0 Å². The van der Waals surface area contributed by atoms with E-state index in [1.54, 1.807) is 32.9 Å². The summed E-state index contributed by atoms with van der Waals surface area (Å²) in [5.41, 5.74) is 1.16. The Kier molecular flexibility index (Phi) is 16.9. The number of benzene rings is 2. The number of carbonyl (C=O) groups excluding carboxylic acids is 5. The van der Waals surface area contributed by atoms with Crippen LogP contribution in [0, 0.1) is 12.8 Å². The van der Waals surface area contributed by atoms with Gasteiger partial charge in [-0.15, -0.1) is 0 Å². The highest BCUT2D eigenvalue weighted by Gasteiger charge is 2.34. The van der Waals surface area contributed by atoms with Crippen LogP contribution in [0.2, 0.25) is 0 Å². The molecule has 0 spiro atoms. The Labute approximate surface area is 323 Å². The van der Waals surface area contributed by atoms with Gasteiger partial charge in [-0.2, -0.15) is 5.06 Å². The van der Waals surface area contributed by atoms with Crippen LogP contribution in [0.15, 0.2) is 52.9 Å². The molecular formula is C39H48N4O13. The lowest BCUT2D eigenvalue weighted by Crippen LogP contribution is -2.49. The van der Waals surface area contributed by atoms with Gasteiger partial charge in [0.05, 0.1) is 49.9 Å². The Morgan fingerprint density at radius 1 is 0.911 bits per heavy atom. The monoisotopic (exact) mass is 780 g/mol. The van der Waals surface area contributed by atoms with Crippen molar-refractivity contribution in [1.29, 1.82) is 0 Å². The summed E-state index contributed by atoms with van der Waals surface area (Å²) in [4.78, 5) is 92.8. The fourth-order valence-electron chi connectivity index (χ4n) is 5.85. The number of carbonyl (C=O) groups is 7. The molecular weight excluding hydrogens is 732 g/mol. The number of hydrogen-bond acceptors (Lipinski definition) is 11. The Balaban J connectivity index is 1.70. The van der Waals surface area contributed by atoms with Gasteiger partial charge in [0.1, 0.15) is 23.3 Å². The van der Waals surface area contributed by atoms with Crippen molar-refractivity contribution < 1.29 is 62.5 Å². The summed E-state index contributed by atoms with van der Waals surface area (Å²) < 4.78 is 16.5. The first-order valence-electron chi connectivity index (χ1n) is 18.1. The molecule has 0 unspecified atom stereocenters. The van der Waals surface area contributed by atoms with Crippen molar-refractivity contribution in [2.24, 2.45) is 5.92 Å². The van der Waals surface area contributed by atoms with Gasteiger partial charge in [0, 0.05) is 5.56 Å². The third-order valence-electron chi connectivity index (χ3n) is 8.74. The summed E-state index contributed by atoms with van der Waals surface area (Å²) in [5.74, 6) is -5.76. The van der Waals surface area contributed by atoms with Gasteiger partial charge >= 0.3 is 17.9 Å². The number of hydroxylamine groups is 2. The predicted molar refractivity (Wildman–Crippen MR) is 200 cm³/mol. The number of nitrogens with zero attached hydrogens (tertiary/aromatic N) is 1. The SMILES string of the molecule is CCCCC[C@@H](C(=O)NCNC(=O)c1ccc(-c2ccc(C(=O)N[C@@H](CC(=O)O)C(=O)O)c(OCC)c2)o1)[C@@H](CC)N(C=O)OC(=O)c1ccc(OC)cc1C. The number of aryl methyl sites for hydroxylation is 1. The van der Waals surface area contributed by atoms with Crippen LogP contribution < -0.4 is 25.4 Å². The standard InChI is InChI=1S/C39H48N4O13/c1-6-9-10-11-27(30(7-2)43(22-44)56-39(52)26-15-13-25(53-5)18-23(26)4)35(47)40-21-41-37(49)32-17-16-31(55-32)24-12-14-28(33(19-24)54-8-3)36(48)42-29(38(50)51)20-34(45)46/h12-19,22,27,29-30H,6-11,20-21H2,1-5H3,(H,40,47)(H,41,49)(H,42,48)(H,45,46)(H,50,51)/t27-,29+,30-/m1/s1. The second-order valence-electron chi connectivity index (χ2n) is 12.6. The minimum atomic E-state index is -1.67. The smallest absolute Gasteiger partial charge is 0.363 e. The van der Waals surface area contributed by atoms with Gasteiger partial charge < -0.3 is 44.9 Å². The maximum Gasteiger partial charge on any atom is 0.363 e. The van der Waals surface area contributed by atoms with Crippen LogP contribution in [0.3, 0.4) is 0 Å². The van der Waals surface area contributed by atoms with E-state index in [9.17, 15) is 38.7 Å². The number of aliphatic carboxylic acids is 2. The number of furan rings is 1. The summed E-state index contributed by atoms with van der Waals surface area (Å²) in [6.45, 7) is 6.99. The number of ether oxygens (including phenoxy) is 2. The predicted octanol–water partition coefficient (Wildman–Crippen LogP) is 4.33. The summed E-state index contributed by atoms with van der Waals surface area (Å²) >= 11 is 0. The van der Waals surface area contributed by atoms with Gasteiger partial charge in [0.2, 0.25) is 12.3 Å². The number of rotatable bonds is 23. The van der Waals surface area contributed by atoms with Crippen molar-refractivity contribution >= 4 is 42.0 Å². The quantitative estimate of drug-likeness (QED) is 0.0390. The van der Waals surface area contributed by atoms with E-state index in [-0.39, 0.29) is 48.1 Å². The third-order valence-corrected chi connectivity index (χ3v) is 8.74. The molecule has 3 atom stereocenters. The van der Waals surface area contributed by atoms with Crippen molar-refractivity contribution in [1.82, 2.24) is 21.0 Å². The Bertz CT molecular complexity index is 1870. The lowest BCUT2D eigenvalue weighted by atomic mass is 9.90. The molecule has 17 heteroatoms. The molecule has 0 aliphatic rings. The highest BCUT2D eigenvalue weighted by molar-refractivity contribution is 6.00. The van der Waals surface area contributed by atoms with Crippen LogP contribution >= 0.6 is 0 Å². The Morgan fingerprint density at radius 2 is 1.64 bits per heavy atom. The molecule has 4 amide bonds. The number of carboxylic acid groups (broad SMARTS) is 2. The third kappa shape index (κ3) is 12.1. The highest BCUT2D eigenvalue weighted by Crippen LogP contribution is 2.30. The molecule has 1 heterocycles. The molecule has 56 heavy (non-hydrogen) atoms. The van der Waals surface area contributed by atoms with Crippen molar-refractivity contribution in [3.8, 4) is 22.8 Å². The van der Waals surface area contributed by atoms with Gasteiger partial charge in [0.15, 0.2) is 5.76 Å². The van der Waals surface area contributed by atoms with Crippen LogP contribution in [0.4, 0.5) is 0 Å². The molecule has 5 N–H and O–H groups in total. The molecule has 17 nitrogen and oxygen atoms in total. The van der Waals surface area contributed by atoms with Gasteiger partial charge in [0.25, 0.3) is 11.8 Å². The van der Waals surface area contributed by atoms with Gasteiger partial charge in [-0.3, -0.25) is 24.0 Å². The normalized spacial score (nSPS) is 12.3. The molecule has 1 aromatic heterocycles. The van der Waals surface area contributed by atoms with Crippen LogP contribution in [-0.4, -0.2) is 89.8 Å². The zero-order chi connectivity index (χ0) is 41.4. The topological polar surface area (TPSA) is 240 Å². The summed E-state index contributed by atoms with van der Waals surface area (Å²) in [6.07, 6.45) is 2.57. The first-order chi connectivity index (χ1) is 26.8. The molecule has 2 aromatic carbocycles. The van der Waals surface area contributed by atoms with Gasteiger partial charge in [-0.05, 0) is 74.7 Å². The van der Waals surface area contributed by atoms with Crippen LogP contribution in [0.5, 0.6) is 11.5 Å². The lowest BCUT2D eigenvalue weighted by Gasteiger charge is -2.32. The number of nitrogens with one attached hydrogen (secondary N) is 3. The molecule has 0 fully saturated rings. The number of unbranched alkanes of at least 4 members (excludes halogenated alkanes) is 2. The molecule has 0 saturated heterocycles. The van der Waals surface area contributed by atoms with E-state index < -0.39 is 60.1 Å². The fraction of sp³-hybridized carbons (Fsp3) is 0.410. The van der Waals surface area contributed by atoms with Gasteiger partial charge in [-0.25, -0.2) is 9.59 Å². The van der Waals surface area contributed by atoms with Crippen molar-refractivity contribution in [2.75, 3.05) is 20.4 Å². The van der Waals surface area contributed by atoms with E-state index in [1.165, 1.54) is 43.5 Å². The number of amides is 4. The molecule has 302 valence electrons. The van der Waals surface area contributed by atoms with E-state index in [4.69, 9.17) is 23.8 Å². The molecule has 0 aliphatic carbocycles. The first-order valence-corrected chi connectivity index (χ1v) is 18.1. The number of methoxy groups -OCH3 is 1. The maximum atomic E-state index is 13.6. The number of hydrogen-bond donors (Lipinski definition) is 5. The minimum absolute atomic E-state index is 0.0485. The zero-order valence-corrected chi connectivity index (χ0v) is 31.9. The minimum Gasteiger partial charge on any atom is -0.497 e. The average molecular weight is 781 g/mol. The zero-order valence-electron chi connectivity index (χ0n) is 31.9. The fourth-order valence-corrected chi connectivity index (χ4v) is 5.85. The maximum absolute atomic E-state index is 13.6. The van der Waals surface area contributed by atoms with E-state index in [2.05, 4.69) is 16.0 Å². The first kappa shape index (κ1) is 44.0. The molecule has 0 radical (unpaired) electrons. The Hall–Kier alpha value is -6.39. The Morgan fingerprint density at radius 3 is 2.25 bits per heavy atom. The van der Waals surface area contributed by atoms with E-state index in [0.717, 1.165) is 17.9 Å². The molecule has 3 aromatic rings. The summed E-state index contributed by atoms with van der Waals surface area (Å²) in [6, 6.07) is 9.48. The molecule has 0 aliphatic heterocycles. The lowest BCUT2D eigenvalue weighted by molar-refractivity contribution is -0.171. The molecule has 0 bridgehead atoms. The summed E-state index contributed by atoms with van der Waals surface area (Å²) in [5, 5.41) is 26.6. The molecule has 3 rings (SSSR count). The van der Waals surface area contributed by atoms with Crippen molar-refractivity contribution in [2.45, 2.75) is 78.3 Å². The second kappa shape index (κ2) is 21.5. The van der Waals surface area contributed by atoms with E-state index in [0.29, 0.717) is 36.1 Å².